The Bertz CT molecular complexity index is 844. The van der Waals surface area contributed by atoms with E-state index >= 15 is 0 Å². The fourth-order valence-corrected chi connectivity index (χ4v) is 2.93. The zero-order valence-electron chi connectivity index (χ0n) is 14.8. The van der Waals surface area contributed by atoms with E-state index in [1.54, 1.807) is 11.9 Å². The van der Waals surface area contributed by atoms with E-state index in [0.717, 1.165) is 35.9 Å². The smallest absolute Gasteiger partial charge is 0.246 e. The van der Waals surface area contributed by atoms with Crippen LogP contribution in [0.15, 0.2) is 47.5 Å². The molecule has 0 aliphatic carbocycles. The van der Waals surface area contributed by atoms with Crippen molar-refractivity contribution in [2.75, 3.05) is 25.0 Å². The highest BCUT2D eigenvalue weighted by molar-refractivity contribution is 14.0. The normalized spacial score (nSPS) is 13.0. The van der Waals surface area contributed by atoms with Gasteiger partial charge in [0, 0.05) is 31.4 Å². The highest BCUT2D eigenvalue weighted by Gasteiger charge is 2.23. The van der Waals surface area contributed by atoms with Crippen molar-refractivity contribution in [3.63, 3.8) is 0 Å². The van der Waals surface area contributed by atoms with Crippen LogP contribution in [0.25, 0.3) is 0 Å². The minimum Gasteiger partial charge on any atom is -0.352 e. The van der Waals surface area contributed by atoms with E-state index in [-0.39, 0.29) is 48.5 Å². The Hall–Kier alpha value is -2.23. The number of para-hydroxylation sites is 1. The number of guanidine groups is 1. The molecule has 5 nitrogen and oxygen atoms in total. The van der Waals surface area contributed by atoms with Crippen LogP contribution in [0.5, 0.6) is 0 Å². The van der Waals surface area contributed by atoms with Gasteiger partial charge in [0.2, 0.25) is 5.91 Å². The Labute approximate surface area is 173 Å². The molecule has 8 heteroatoms. The standard InChI is InChI=1S/C19H20F2N4O.HI/c1-22-19(23-11-14-10-15(20)6-7-16(14)21)24-12-18(26)25-9-8-13-4-2-3-5-17(13)25;/h2-7,10H,8-9,11-12H2,1H3,(H2,22,23,24);1H. The molecule has 0 saturated carbocycles. The fraction of sp³-hybridized carbons (Fsp3) is 0.263. The van der Waals surface area contributed by atoms with Gasteiger partial charge in [-0.1, -0.05) is 18.2 Å². The number of hydrogen-bond donors (Lipinski definition) is 2. The zero-order chi connectivity index (χ0) is 18.5. The minimum atomic E-state index is -0.506. The van der Waals surface area contributed by atoms with Gasteiger partial charge in [-0.3, -0.25) is 9.79 Å². The molecular weight excluding hydrogens is 465 g/mol. The molecule has 2 aromatic rings. The number of anilines is 1. The molecule has 0 fully saturated rings. The van der Waals surface area contributed by atoms with Gasteiger partial charge in [-0.25, -0.2) is 8.78 Å². The summed E-state index contributed by atoms with van der Waals surface area (Å²) in [7, 11) is 1.55. The summed E-state index contributed by atoms with van der Waals surface area (Å²) in [6.07, 6.45) is 0.841. The van der Waals surface area contributed by atoms with Crippen molar-refractivity contribution in [2.45, 2.75) is 13.0 Å². The summed E-state index contributed by atoms with van der Waals surface area (Å²) in [6, 6.07) is 11.1. The summed E-state index contributed by atoms with van der Waals surface area (Å²) in [5, 5.41) is 5.79. The van der Waals surface area contributed by atoms with Crippen LogP contribution in [-0.2, 0) is 17.8 Å². The van der Waals surface area contributed by atoms with Crippen LogP contribution in [-0.4, -0.2) is 32.0 Å². The first-order chi connectivity index (χ1) is 12.6. The summed E-state index contributed by atoms with van der Waals surface area (Å²) in [6.45, 7) is 0.768. The molecule has 0 spiro atoms. The molecule has 0 saturated heterocycles. The average Bonchev–Trinajstić information content (AvgIpc) is 3.08. The third-order valence-corrected chi connectivity index (χ3v) is 4.27. The van der Waals surface area contributed by atoms with E-state index in [1.165, 1.54) is 0 Å². The Morgan fingerprint density at radius 1 is 1.19 bits per heavy atom. The average molecular weight is 486 g/mol. The summed E-state index contributed by atoms with van der Waals surface area (Å²) in [5.41, 5.74) is 2.28. The van der Waals surface area contributed by atoms with Gasteiger partial charge in [0.1, 0.15) is 11.6 Å². The second kappa shape index (κ2) is 9.63. The number of hydrogen-bond acceptors (Lipinski definition) is 2. The number of carbonyl (C=O) groups is 1. The van der Waals surface area contributed by atoms with Crippen LogP contribution in [0.3, 0.4) is 0 Å². The number of halogens is 3. The Balaban J connectivity index is 0.00000261. The van der Waals surface area contributed by atoms with Gasteiger partial charge in [0.25, 0.3) is 0 Å². The van der Waals surface area contributed by atoms with E-state index in [2.05, 4.69) is 15.6 Å². The number of fused-ring (bicyclic) bond motifs is 1. The topological polar surface area (TPSA) is 56.7 Å². The van der Waals surface area contributed by atoms with Crippen molar-refractivity contribution < 1.29 is 13.6 Å². The number of aliphatic imine (C=N–C) groups is 1. The largest absolute Gasteiger partial charge is 0.352 e. The number of carbonyl (C=O) groups excluding carboxylic acids is 1. The van der Waals surface area contributed by atoms with Crippen molar-refractivity contribution in [1.82, 2.24) is 10.6 Å². The maximum absolute atomic E-state index is 13.7. The summed E-state index contributed by atoms with van der Waals surface area (Å²) < 4.78 is 26.9. The van der Waals surface area contributed by atoms with Crippen LogP contribution in [0.1, 0.15) is 11.1 Å². The molecule has 1 amide bonds. The summed E-state index contributed by atoms with van der Waals surface area (Å²) in [4.78, 5) is 18.2. The van der Waals surface area contributed by atoms with Gasteiger partial charge in [-0.2, -0.15) is 0 Å². The zero-order valence-corrected chi connectivity index (χ0v) is 17.2. The molecular formula is C19H21F2IN4O. The number of nitrogens with zero attached hydrogens (tertiary/aromatic N) is 2. The molecule has 0 unspecified atom stereocenters. The van der Waals surface area contributed by atoms with Gasteiger partial charge < -0.3 is 15.5 Å². The molecule has 0 radical (unpaired) electrons. The first-order valence-electron chi connectivity index (χ1n) is 8.35. The lowest BCUT2D eigenvalue weighted by Gasteiger charge is -2.19. The van der Waals surface area contributed by atoms with Crippen molar-refractivity contribution in [2.24, 2.45) is 4.99 Å². The highest BCUT2D eigenvalue weighted by atomic mass is 127. The highest BCUT2D eigenvalue weighted by Crippen LogP contribution is 2.27. The van der Waals surface area contributed by atoms with E-state index < -0.39 is 11.6 Å². The molecule has 2 aromatic carbocycles. The predicted molar refractivity (Wildman–Crippen MR) is 112 cm³/mol. The number of rotatable bonds is 4. The van der Waals surface area contributed by atoms with Crippen LogP contribution < -0.4 is 15.5 Å². The molecule has 1 aliphatic heterocycles. The number of nitrogens with one attached hydrogen (secondary N) is 2. The first kappa shape index (κ1) is 21.1. The Kier molecular flexibility index (Phi) is 7.52. The lowest BCUT2D eigenvalue weighted by atomic mass is 10.2. The summed E-state index contributed by atoms with van der Waals surface area (Å²) >= 11 is 0. The van der Waals surface area contributed by atoms with Crippen LogP contribution in [0, 0.1) is 11.6 Å². The van der Waals surface area contributed by atoms with Gasteiger partial charge in [-0.15, -0.1) is 24.0 Å². The molecule has 27 heavy (non-hydrogen) atoms. The first-order valence-corrected chi connectivity index (χ1v) is 8.35. The molecule has 1 heterocycles. The van der Waals surface area contributed by atoms with Crippen molar-refractivity contribution in [3.8, 4) is 0 Å². The maximum atomic E-state index is 13.7. The van der Waals surface area contributed by atoms with Gasteiger partial charge >= 0.3 is 0 Å². The van der Waals surface area contributed by atoms with Crippen molar-refractivity contribution in [3.05, 3.63) is 65.2 Å². The quantitative estimate of drug-likeness (QED) is 0.397. The third kappa shape index (κ3) is 5.15. The van der Waals surface area contributed by atoms with E-state index in [1.807, 2.05) is 24.3 Å². The number of amides is 1. The third-order valence-electron chi connectivity index (χ3n) is 4.27. The van der Waals surface area contributed by atoms with Crippen molar-refractivity contribution in [1.29, 1.82) is 0 Å². The second-order valence-corrected chi connectivity index (χ2v) is 5.94. The van der Waals surface area contributed by atoms with Gasteiger partial charge in [0.05, 0.1) is 6.54 Å². The SMILES string of the molecule is CN=C(NCC(=O)N1CCc2ccccc21)NCc1cc(F)ccc1F.I. The molecule has 2 N–H and O–H groups in total. The molecule has 1 aliphatic rings. The second-order valence-electron chi connectivity index (χ2n) is 5.94. The Morgan fingerprint density at radius 3 is 2.74 bits per heavy atom. The lowest BCUT2D eigenvalue weighted by Crippen LogP contribution is -2.44. The van der Waals surface area contributed by atoms with Crippen LogP contribution in [0.4, 0.5) is 14.5 Å². The lowest BCUT2D eigenvalue weighted by molar-refractivity contribution is -0.117. The molecule has 3 rings (SSSR count). The molecule has 0 atom stereocenters. The maximum Gasteiger partial charge on any atom is 0.246 e. The predicted octanol–water partition coefficient (Wildman–Crippen LogP) is 2.84. The van der Waals surface area contributed by atoms with E-state index in [0.29, 0.717) is 12.5 Å². The van der Waals surface area contributed by atoms with Gasteiger partial charge in [-0.05, 0) is 36.2 Å². The minimum absolute atomic E-state index is 0. The van der Waals surface area contributed by atoms with Crippen molar-refractivity contribution >= 4 is 41.5 Å². The van der Waals surface area contributed by atoms with Crippen LogP contribution >= 0.6 is 24.0 Å². The number of benzene rings is 2. The van der Waals surface area contributed by atoms with Crippen LogP contribution in [0.2, 0.25) is 0 Å². The molecule has 144 valence electrons. The van der Waals surface area contributed by atoms with E-state index in [9.17, 15) is 13.6 Å². The molecule has 0 bridgehead atoms. The molecule has 0 aromatic heterocycles. The summed E-state index contributed by atoms with van der Waals surface area (Å²) in [5.74, 6) is -0.738. The monoisotopic (exact) mass is 486 g/mol. The Morgan fingerprint density at radius 2 is 1.96 bits per heavy atom. The fourth-order valence-electron chi connectivity index (χ4n) is 2.93. The van der Waals surface area contributed by atoms with E-state index in [4.69, 9.17) is 0 Å². The van der Waals surface area contributed by atoms with Gasteiger partial charge in [0.15, 0.2) is 5.96 Å².